The molecule has 1 saturated heterocycles. The van der Waals surface area contributed by atoms with Crippen molar-refractivity contribution in [2.45, 2.75) is 39.5 Å². The number of rotatable bonds is 8. The number of ether oxygens (including phenoxy) is 2. The van der Waals surface area contributed by atoms with Gasteiger partial charge in [-0.25, -0.2) is 4.99 Å². The second-order valence-corrected chi connectivity index (χ2v) is 7.75. The van der Waals surface area contributed by atoms with E-state index in [1.165, 1.54) is 12.7 Å². The smallest absolute Gasteiger partial charge is 0.308 e. The molecule has 0 saturated carbocycles. The minimum atomic E-state index is -0.102. The van der Waals surface area contributed by atoms with Gasteiger partial charge in [0, 0.05) is 19.6 Å². The first-order chi connectivity index (χ1) is 15.2. The average Bonchev–Trinajstić information content (AvgIpc) is 2.83. The molecule has 1 aliphatic rings. The fourth-order valence-corrected chi connectivity index (χ4v) is 3.69. The van der Waals surface area contributed by atoms with Crippen LogP contribution in [0.25, 0.3) is 0 Å². The highest BCUT2D eigenvalue weighted by Gasteiger charge is 2.26. The van der Waals surface area contributed by atoms with E-state index in [1.807, 2.05) is 18.2 Å². The number of piperidine rings is 1. The van der Waals surface area contributed by atoms with Gasteiger partial charge in [0.15, 0.2) is 5.96 Å². The van der Waals surface area contributed by atoms with Gasteiger partial charge >= 0.3 is 5.97 Å². The van der Waals surface area contributed by atoms with Crippen LogP contribution in [0.5, 0.6) is 0 Å². The van der Waals surface area contributed by atoms with Gasteiger partial charge in [-0.1, -0.05) is 54.6 Å². The van der Waals surface area contributed by atoms with Crippen molar-refractivity contribution in [1.29, 1.82) is 0 Å². The van der Waals surface area contributed by atoms with Gasteiger partial charge in [0.2, 0.25) is 0 Å². The largest absolute Gasteiger partial charge is 0.469 e. The summed E-state index contributed by atoms with van der Waals surface area (Å²) in [5, 5.41) is 3.38. The molecule has 2 aromatic rings. The Morgan fingerprint density at radius 1 is 1.00 bits per heavy atom. The van der Waals surface area contributed by atoms with Gasteiger partial charge in [-0.15, -0.1) is 24.0 Å². The van der Waals surface area contributed by atoms with E-state index in [4.69, 9.17) is 14.5 Å². The minimum absolute atomic E-state index is 0. The topological polar surface area (TPSA) is 63.2 Å². The summed E-state index contributed by atoms with van der Waals surface area (Å²) in [7, 11) is 1.46. The summed E-state index contributed by atoms with van der Waals surface area (Å²) in [6, 6.07) is 18.6. The SMILES string of the molecule is CCNC(=NCc1ccc(COCc2ccccc2)cc1)N1CCC(C(=O)OC)CC1.I. The predicted molar refractivity (Wildman–Crippen MR) is 138 cm³/mol. The van der Waals surface area contributed by atoms with Crippen LogP contribution in [0.4, 0.5) is 0 Å². The van der Waals surface area contributed by atoms with E-state index in [2.05, 4.69) is 53.5 Å². The highest BCUT2D eigenvalue weighted by atomic mass is 127. The number of halogens is 1. The minimum Gasteiger partial charge on any atom is -0.469 e. The molecule has 0 aromatic heterocycles. The van der Waals surface area contributed by atoms with E-state index in [1.54, 1.807) is 0 Å². The molecule has 0 spiro atoms. The molecular weight excluding hydrogens is 517 g/mol. The fourth-order valence-electron chi connectivity index (χ4n) is 3.69. The lowest BCUT2D eigenvalue weighted by Gasteiger charge is -2.33. The molecular formula is C25H34IN3O3. The van der Waals surface area contributed by atoms with Crippen molar-refractivity contribution in [3.8, 4) is 0 Å². The molecule has 6 nitrogen and oxygen atoms in total. The molecule has 0 unspecified atom stereocenters. The number of benzene rings is 2. The number of esters is 1. The molecule has 0 atom stereocenters. The zero-order valence-electron chi connectivity index (χ0n) is 19.0. The third-order valence-electron chi connectivity index (χ3n) is 5.48. The van der Waals surface area contributed by atoms with E-state index in [0.29, 0.717) is 19.8 Å². The van der Waals surface area contributed by atoms with Crippen LogP contribution >= 0.6 is 24.0 Å². The maximum atomic E-state index is 11.7. The van der Waals surface area contributed by atoms with Crippen LogP contribution in [-0.4, -0.2) is 43.6 Å². The zero-order valence-corrected chi connectivity index (χ0v) is 21.3. The number of hydrogen-bond donors (Lipinski definition) is 1. The van der Waals surface area contributed by atoms with Crippen LogP contribution in [0.2, 0.25) is 0 Å². The van der Waals surface area contributed by atoms with E-state index in [-0.39, 0.29) is 35.9 Å². The highest BCUT2D eigenvalue weighted by Crippen LogP contribution is 2.19. The van der Waals surface area contributed by atoms with Crippen LogP contribution in [-0.2, 0) is 34.0 Å². The van der Waals surface area contributed by atoms with Crippen LogP contribution < -0.4 is 5.32 Å². The number of nitrogens with zero attached hydrogens (tertiary/aromatic N) is 2. The Kier molecular flexibility index (Phi) is 11.5. The first kappa shape index (κ1) is 26.1. The number of nitrogens with one attached hydrogen (secondary N) is 1. The number of likely N-dealkylation sites (tertiary alicyclic amines) is 1. The molecule has 1 N–H and O–H groups in total. The lowest BCUT2D eigenvalue weighted by molar-refractivity contribution is -0.146. The van der Waals surface area contributed by atoms with Crippen LogP contribution in [0.15, 0.2) is 59.6 Å². The molecule has 7 heteroatoms. The molecule has 2 aromatic carbocycles. The van der Waals surface area contributed by atoms with Crippen molar-refractivity contribution in [2.24, 2.45) is 10.9 Å². The molecule has 0 radical (unpaired) electrons. The van der Waals surface area contributed by atoms with Crippen molar-refractivity contribution in [1.82, 2.24) is 10.2 Å². The van der Waals surface area contributed by atoms with Crippen molar-refractivity contribution < 1.29 is 14.3 Å². The van der Waals surface area contributed by atoms with Crippen molar-refractivity contribution >= 4 is 35.9 Å². The predicted octanol–water partition coefficient (Wildman–Crippen LogP) is 4.37. The monoisotopic (exact) mass is 551 g/mol. The summed E-state index contributed by atoms with van der Waals surface area (Å²) in [4.78, 5) is 18.8. The number of carbonyl (C=O) groups excluding carboxylic acids is 1. The first-order valence-corrected chi connectivity index (χ1v) is 11.0. The molecule has 3 rings (SSSR count). The van der Waals surface area contributed by atoms with Gasteiger partial charge in [0.1, 0.15) is 0 Å². The van der Waals surface area contributed by atoms with E-state index >= 15 is 0 Å². The Morgan fingerprint density at radius 3 is 2.19 bits per heavy atom. The third-order valence-corrected chi connectivity index (χ3v) is 5.48. The van der Waals surface area contributed by atoms with E-state index in [0.717, 1.165) is 49.6 Å². The molecule has 174 valence electrons. The molecule has 0 amide bonds. The lowest BCUT2D eigenvalue weighted by Crippen LogP contribution is -2.46. The summed E-state index contributed by atoms with van der Waals surface area (Å²) in [5.41, 5.74) is 3.49. The Hall–Kier alpha value is -2.13. The summed E-state index contributed by atoms with van der Waals surface area (Å²) in [6.07, 6.45) is 1.60. The summed E-state index contributed by atoms with van der Waals surface area (Å²) < 4.78 is 10.7. The summed E-state index contributed by atoms with van der Waals surface area (Å²) in [6.45, 7) is 6.33. The normalized spacial score (nSPS) is 14.6. The third kappa shape index (κ3) is 8.09. The Bertz CT molecular complexity index is 835. The van der Waals surface area contributed by atoms with Crippen LogP contribution in [0.1, 0.15) is 36.5 Å². The summed E-state index contributed by atoms with van der Waals surface area (Å²) >= 11 is 0. The molecule has 1 aliphatic heterocycles. The zero-order chi connectivity index (χ0) is 21.9. The Labute approximate surface area is 208 Å². The standard InChI is InChI=1S/C25H33N3O3.HI/c1-3-26-25(28-15-13-23(14-16-28)24(29)30-2)27-17-20-9-11-22(12-10-20)19-31-18-21-7-5-4-6-8-21;/h4-12,23H,3,13-19H2,1-2H3,(H,26,27);1H. The van der Waals surface area contributed by atoms with Crippen molar-refractivity contribution in [2.75, 3.05) is 26.7 Å². The summed E-state index contributed by atoms with van der Waals surface area (Å²) in [5.74, 6) is 0.802. The van der Waals surface area contributed by atoms with Crippen molar-refractivity contribution in [3.63, 3.8) is 0 Å². The van der Waals surface area contributed by atoms with E-state index in [9.17, 15) is 4.79 Å². The molecule has 0 bridgehead atoms. The Balaban J connectivity index is 0.00000363. The van der Waals surface area contributed by atoms with Gasteiger partial charge < -0.3 is 19.7 Å². The second kappa shape index (κ2) is 14.1. The first-order valence-electron chi connectivity index (χ1n) is 11.0. The number of guanidine groups is 1. The molecule has 1 heterocycles. The van der Waals surface area contributed by atoms with Crippen molar-refractivity contribution in [3.05, 3.63) is 71.3 Å². The van der Waals surface area contributed by atoms with Crippen LogP contribution in [0, 0.1) is 5.92 Å². The fraction of sp³-hybridized carbons (Fsp3) is 0.440. The van der Waals surface area contributed by atoms with Gasteiger partial charge in [-0.2, -0.15) is 0 Å². The number of carbonyl (C=O) groups is 1. The average molecular weight is 551 g/mol. The maximum Gasteiger partial charge on any atom is 0.308 e. The Morgan fingerprint density at radius 2 is 1.59 bits per heavy atom. The number of hydrogen-bond acceptors (Lipinski definition) is 4. The number of methoxy groups -OCH3 is 1. The van der Waals surface area contributed by atoms with Crippen LogP contribution in [0.3, 0.4) is 0 Å². The van der Waals surface area contributed by atoms with E-state index < -0.39 is 0 Å². The molecule has 32 heavy (non-hydrogen) atoms. The highest BCUT2D eigenvalue weighted by molar-refractivity contribution is 14.0. The van der Waals surface area contributed by atoms with Gasteiger partial charge in [0.05, 0.1) is 32.8 Å². The van der Waals surface area contributed by atoms with Gasteiger partial charge in [-0.05, 0) is 36.5 Å². The molecule has 1 fully saturated rings. The lowest BCUT2D eigenvalue weighted by atomic mass is 9.97. The number of aliphatic imine (C=N–C) groups is 1. The maximum absolute atomic E-state index is 11.7. The van der Waals surface area contributed by atoms with Gasteiger partial charge in [0.25, 0.3) is 0 Å². The molecule has 0 aliphatic carbocycles. The van der Waals surface area contributed by atoms with Gasteiger partial charge in [-0.3, -0.25) is 4.79 Å². The quantitative estimate of drug-likeness (QED) is 0.229. The second-order valence-electron chi connectivity index (χ2n) is 7.75.